The van der Waals surface area contributed by atoms with Crippen LogP contribution in [0.3, 0.4) is 0 Å². The fraction of sp³-hybridized carbons (Fsp3) is 0.280. The zero-order valence-corrected chi connectivity index (χ0v) is 21.5. The van der Waals surface area contributed by atoms with Gasteiger partial charge in [0.25, 0.3) is 20.0 Å². The number of nitrogens with zero attached hydrogens (tertiary/aromatic N) is 2. The molecule has 2 aliphatic carbocycles. The molecule has 0 spiro atoms. The Morgan fingerprint density at radius 3 is 1.82 bits per heavy atom. The van der Waals surface area contributed by atoms with Gasteiger partial charge in [0, 0.05) is 5.92 Å². The fourth-order valence-electron chi connectivity index (χ4n) is 4.35. The highest BCUT2D eigenvalue weighted by atomic mass is 35.5. The molecular weight excluding hydrogens is 492 g/mol. The van der Waals surface area contributed by atoms with Gasteiger partial charge in [0.1, 0.15) is 0 Å². The third-order valence-corrected chi connectivity index (χ3v) is 9.55. The molecule has 178 valence electrons. The first-order valence-corrected chi connectivity index (χ1v) is 14.0. The number of halogens is 1. The van der Waals surface area contributed by atoms with Crippen molar-refractivity contribution in [3.63, 3.8) is 0 Å². The molecular formula is C25H25ClN2O4S2. The quantitative estimate of drug-likeness (QED) is 0.405. The molecule has 0 aromatic heterocycles. The highest BCUT2D eigenvalue weighted by molar-refractivity contribution is 7.90. The second kappa shape index (κ2) is 8.91. The van der Waals surface area contributed by atoms with Gasteiger partial charge in [-0.1, -0.05) is 47.5 Å². The zero-order chi connectivity index (χ0) is 24.7. The summed E-state index contributed by atoms with van der Waals surface area (Å²) in [6.07, 6.45) is 2.34. The number of sulfonamides is 2. The molecule has 2 atom stereocenters. The minimum absolute atomic E-state index is 0.0655. The Morgan fingerprint density at radius 2 is 1.29 bits per heavy atom. The number of fused-ring (bicyclic) bond motifs is 1. The molecule has 0 fully saturated rings. The van der Waals surface area contributed by atoms with E-state index in [4.69, 9.17) is 11.6 Å². The molecule has 2 aromatic rings. The lowest BCUT2D eigenvalue weighted by Crippen LogP contribution is -2.50. The van der Waals surface area contributed by atoms with Crippen molar-refractivity contribution in [3.8, 4) is 0 Å². The van der Waals surface area contributed by atoms with Crippen LogP contribution in [-0.2, 0) is 20.0 Å². The second-order valence-electron chi connectivity index (χ2n) is 8.71. The van der Waals surface area contributed by atoms with E-state index in [9.17, 15) is 16.8 Å². The number of rotatable bonds is 4. The van der Waals surface area contributed by atoms with Gasteiger partial charge >= 0.3 is 0 Å². The lowest BCUT2D eigenvalue weighted by atomic mass is 9.67. The molecule has 9 heteroatoms. The van der Waals surface area contributed by atoms with Gasteiger partial charge in [0.15, 0.2) is 0 Å². The predicted octanol–water partition coefficient (Wildman–Crippen LogP) is 5.33. The van der Waals surface area contributed by atoms with Gasteiger partial charge in [0.2, 0.25) is 0 Å². The van der Waals surface area contributed by atoms with Crippen LogP contribution in [0, 0.1) is 5.92 Å². The molecule has 34 heavy (non-hydrogen) atoms. The van der Waals surface area contributed by atoms with Gasteiger partial charge in [-0.25, -0.2) is 0 Å². The molecule has 0 saturated heterocycles. The van der Waals surface area contributed by atoms with Crippen molar-refractivity contribution >= 4 is 43.1 Å². The Bertz CT molecular complexity index is 1460. The van der Waals surface area contributed by atoms with Crippen molar-refractivity contribution in [1.29, 1.82) is 0 Å². The van der Waals surface area contributed by atoms with Crippen molar-refractivity contribution in [1.82, 2.24) is 0 Å². The average molecular weight is 517 g/mol. The molecule has 0 bridgehead atoms. The van der Waals surface area contributed by atoms with Crippen LogP contribution in [0.5, 0.6) is 0 Å². The molecule has 0 amide bonds. The minimum Gasteiger partial charge on any atom is -0.199 e. The molecule has 2 aliphatic rings. The van der Waals surface area contributed by atoms with E-state index in [0.29, 0.717) is 24.1 Å². The zero-order valence-electron chi connectivity index (χ0n) is 19.1. The summed E-state index contributed by atoms with van der Waals surface area (Å²) < 4.78 is 60.6. The van der Waals surface area contributed by atoms with Gasteiger partial charge in [-0.15, -0.1) is 11.6 Å². The third kappa shape index (κ3) is 4.54. The summed E-state index contributed by atoms with van der Waals surface area (Å²) in [5, 5.41) is 0. The molecule has 6 nitrogen and oxygen atoms in total. The van der Waals surface area contributed by atoms with E-state index in [-0.39, 0.29) is 15.5 Å². The monoisotopic (exact) mass is 516 g/mol. The summed E-state index contributed by atoms with van der Waals surface area (Å²) in [4.78, 5) is -1.09. The van der Waals surface area contributed by atoms with Gasteiger partial charge in [0.05, 0.1) is 26.1 Å². The van der Waals surface area contributed by atoms with Crippen LogP contribution in [0.15, 0.2) is 102 Å². The maximum absolute atomic E-state index is 13.1. The predicted molar refractivity (Wildman–Crippen MR) is 136 cm³/mol. The summed E-state index contributed by atoms with van der Waals surface area (Å²) in [7, 11) is -8.00. The standard InChI is InChI=1S/C25H25ClN2O4S2/c1-17-14-22-24(28-34(31,32)21-12-8-5-9-13-21)18(2)15-23(25(22,26)16-19(17)3)27-33(29,30)20-10-6-4-7-11-20/h4-13,15,22H,14,16H2,1-3H3. The maximum Gasteiger partial charge on any atom is 0.282 e. The first-order chi connectivity index (χ1) is 15.9. The molecule has 0 saturated carbocycles. The average Bonchev–Trinajstić information content (AvgIpc) is 2.80. The van der Waals surface area contributed by atoms with Crippen LogP contribution < -0.4 is 0 Å². The van der Waals surface area contributed by atoms with Crippen molar-refractivity contribution in [3.05, 3.63) is 83.5 Å². The Labute approximate surface area is 205 Å². The lowest BCUT2D eigenvalue weighted by molar-refractivity contribution is 0.516. The summed E-state index contributed by atoms with van der Waals surface area (Å²) >= 11 is 7.18. The largest absolute Gasteiger partial charge is 0.282 e. The first kappa shape index (κ1) is 24.6. The van der Waals surface area contributed by atoms with E-state index >= 15 is 0 Å². The van der Waals surface area contributed by atoms with E-state index in [1.54, 1.807) is 49.4 Å². The smallest absolute Gasteiger partial charge is 0.199 e. The van der Waals surface area contributed by atoms with E-state index in [2.05, 4.69) is 8.80 Å². The van der Waals surface area contributed by atoms with Gasteiger partial charge in [-0.2, -0.15) is 25.6 Å². The molecule has 0 radical (unpaired) electrons. The SMILES string of the molecule is CC1=CC(=NS(=O)(=O)c2ccccc2)C2(Cl)CC(C)=C(C)CC2C1=NS(=O)(=O)c1ccccc1. The molecule has 0 heterocycles. The van der Waals surface area contributed by atoms with Crippen LogP contribution in [0.4, 0.5) is 0 Å². The Morgan fingerprint density at radius 1 is 0.794 bits per heavy atom. The van der Waals surface area contributed by atoms with Gasteiger partial charge in [-0.05, 0) is 69.5 Å². The maximum atomic E-state index is 13.1. The van der Waals surface area contributed by atoms with Crippen LogP contribution in [0.25, 0.3) is 0 Å². The number of benzene rings is 2. The Kier molecular flexibility index (Phi) is 6.44. The summed E-state index contributed by atoms with van der Waals surface area (Å²) in [6, 6.07) is 15.9. The Balaban J connectivity index is 1.91. The normalized spacial score (nSPS) is 25.9. The molecule has 2 unspecified atom stereocenters. The van der Waals surface area contributed by atoms with Gasteiger partial charge < -0.3 is 0 Å². The number of hydrogen-bond donors (Lipinski definition) is 0. The van der Waals surface area contributed by atoms with Crippen molar-refractivity contribution in [2.24, 2.45) is 14.7 Å². The molecule has 2 aromatic carbocycles. The van der Waals surface area contributed by atoms with Gasteiger partial charge in [-0.3, -0.25) is 0 Å². The first-order valence-electron chi connectivity index (χ1n) is 10.8. The molecule has 4 rings (SSSR count). The summed E-state index contributed by atoms with van der Waals surface area (Å²) in [6.45, 7) is 5.63. The van der Waals surface area contributed by atoms with Crippen molar-refractivity contribution < 1.29 is 16.8 Å². The van der Waals surface area contributed by atoms with E-state index < -0.39 is 30.8 Å². The highest BCUT2D eigenvalue weighted by Gasteiger charge is 2.50. The van der Waals surface area contributed by atoms with Crippen LogP contribution in [0.2, 0.25) is 0 Å². The molecule has 0 aliphatic heterocycles. The van der Waals surface area contributed by atoms with Crippen molar-refractivity contribution in [2.45, 2.75) is 48.3 Å². The van der Waals surface area contributed by atoms with Crippen LogP contribution in [0.1, 0.15) is 33.6 Å². The second-order valence-corrected chi connectivity index (χ2v) is 12.6. The number of alkyl halides is 1. The Hall–Kier alpha value is -2.55. The highest BCUT2D eigenvalue weighted by Crippen LogP contribution is 2.48. The van der Waals surface area contributed by atoms with E-state index in [1.165, 1.54) is 24.3 Å². The van der Waals surface area contributed by atoms with Crippen molar-refractivity contribution in [2.75, 3.05) is 0 Å². The molecule has 0 N–H and O–H groups in total. The summed E-state index contributed by atoms with van der Waals surface area (Å²) in [5.41, 5.74) is 3.15. The number of allylic oxidation sites excluding steroid dienone is 4. The van der Waals surface area contributed by atoms with Crippen LogP contribution >= 0.6 is 11.6 Å². The minimum atomic E-state index is -4.01. The van der Waals surface area contributed by atoms with E-state index in [0.717, 1.165) is 11.1 Å². The third-order valence-electron chi connectivity index (χ3n) is 6.35. The number of hydrogen-bond acceptors (Lipinski definition) is 4. The topological polar surface area (TPSA) is 93.0 Å². The lowest BCUT2D eigenvalue weighted by Gasteiger charge is -2.43. The van der Waals surface area contributed by atoms with E-state index in [1.807, 2.05) is 13.8 Å². The summed E-state index contributed by atoms with van der Waals surface area (Å²) in [5.74, 6) is -0.550. The van der Waals surface area contributed by atoms with Crippen LogP contribution in [-0.4, -0.2) is 33.1 Å². The fourth-order valence-corrected chi connectivity index (χ4v) is 7.09.